The van der Waals surface area contributed by atoms with Gasteiger partial charge in [0.05, 0.1) is 69.5 Å². The molecule has 0 aromatic heterocycles. The molecule has 4 aliphatic heterocycles. The first-order chi connectivity index (χ1) is 51.9. The number of unbranched alkanes of at least 4 members (excludes halogenated alkanes) is 37. The van der Waals surface area contributed by atoms with Crippen molar-refractivity contribution >= 4 is 17.8 Å². The number of carbonyl (C=O) groups is 3. The number of amides is 1. The van der Waals surface area contributed by atoms with Gasteiger partial charge in [0, 0.05) is 19.3 Å². The number of rotatable bonds is 62. The second-order valence-corrected chi connectivity index (χ2v) is 30.8. The van der Waals surface area contributed by atoms with Gasteiger partial charge >= 0.3 is 11.9 Å². The standard InChI is InChI=1S/C78H145N3O27/c1-3-5-7-9-11-13-15-17-19-21-22-23-24-25-26-28-30-32-34-36-38-40-42-44-60(90)81-52(53(86)43-41-39-37-35-33-31-29-27-20-18-16-14-12-10-8-6-4-2)51-101-73-67(95)65(93)69(58(49-84)102-73)104-74-68(96)66(94)70(59(50-85)103-74)106-78(76(99)100)46-55(88)62(80)72(108-78)64(92)57(48-83)105-77(75(97)98)45-54(87)61(79)71(107-77)63(91)56(89)47-82/h41,43,52-59,61-74,82-89,91-96H,3-40,42,44-51,79-80H2,1-2H3,(H,81,90)(H,97,98)(H,99,100)/b43-41+/t52?,53?,54-,55-,56+,57+,58+,59+,61+,62+,63+,64+,65+,66+,67+,68+,69+,70-,71+,72+,73+,74-,77+,78+/m0/s1. The summed E-state index contributed by atoms with van der Waals surface area (Å²) in [4.78, 5) is 39.7. The molecular weight excluding hydrogens is 1410 g/mol. The van der Waals surface area contributed by atoms with Crippen LogP contribution in [0.3, 0.4) is 0 Å². The van der Waals surface area contributed by atoms with E-state index in [0.717, 1.165) is 51.4 Å². The van der Waals surface area contributed by atoms with Crippen LogP contribution in [0, 0.1) is 0 Å². The number of carboxylic acids is 2. The van der Waals surface area contributed by atoms with Gasteiger partial charge in [0.15, 0.2) is 12.6 Å². The first kappa shape index (κ1) is 97.6. The molecule has 2 unspecified atom stereocenters. The summed E-state index contributed by atoms with van der Waals surface area (Å²) in [5.74, 6) is -10.8. The van der Waals surface area contributed by atoms with Crippen LogP contribution < -0.4 is 16.8 Å². The van der Waals surface area contributed by atoms with E-state index < -0.39 is 204 Å². The Hall–Kier alpha value is -2.81. The smallest absolute Gasteiger partial charge is 0.364 e. The second-order valence-electron chi connectivity index (χ2n) is 30.8. The van der Waals surface area contributed by atoms with Gasteiger partial charge < -0.3 is 136 Å². The Labute approximate surface area is 640 Å². The summed E-state index contributed by atoms with van der Waals surface area (Å²) < 4.78 is 46.1. The van der Waals surface area contributed by atoms with E-state index >= 15 is 0 Å². The molecule has 30 nitrogen and oxygen atoms in total. The normalized spacial score (nSPS) is 30.8. The molecule has 30 heteroatoms. The molecule has 24 atom stereocenters. The van der Waals surface area contributed by atoms with E-state index in [4.69, 9.17) is 49.4 Å². The minimum absolute atomic E-state index is 0.181. The van der Waals surface area contributed by atoms with Crippen LogP contribution in [0.2, 0.25) is 0 Å². The average molecular weight is 1560 g/mol. The Balaban J connectivity index is 1.33. The first-order valence-electron chi connectivity index (χ1n) is 41.4. The molecule has 4 rings (SSSR count). The minimum atomic E-state index is -3.22. The highest BCUT2D eigenvalue weighted by Gasteiger charge is 2.61. The Morgan fingerprint density at radius 2 is 0.870 bits per heavy atom. The second kappa shape index (κ2) is 54.9. The van der Waals surface area contributed by atoms with Crippen LogP contribution in [0.15, 0.2) is 12.2 Å². The van der Waals surface area contributed by atoms with Gasteiger partial charge in [-0.2, -0.15) is 0 Å². The summed E-state index contributed by atoms with van der Waals surface area (Å²) in [7, 11) is 0. The van der Waals surface area contributed by atoms with Gasteiger partial charge in [-0.3, -0.25) is 4.79 Å². The number of nitrogens with two attached hydrogens (primary N) is 2. The van der Waals surface area contributed by atoms with Crippen LogP contribution in [-0.4, -0.2) is 279 Å². The fourth-order valence-corrected chi connectivity index (χ4v) is 14.9. The van der Waals surface area contributed by atoms with E-state index in [2.05, 4.69) is 19.2 Å². The van der Waals surface area contributed by atoms with Gasteiger partial charge in [-0.1, -0.05) is 257 Å². The lowest BCUT2D eigenvalue weighted by atomic mass is 9.87. The van der Waals surface area contributed by atoms with Crippen molar-refractivity contribution in [3.05, 3.63) is 12.2 Å². The molecule has 21 N–H and O–H groups in total. The first-order valence-corrected chi connectivity index (χ1v) is 41.4. The predicted molar refractivity (Wildman–Crippen MR) is 399 cm³/mol. The maximum Gasteiger partial charge on any atom is 0.364 e. The van der Waals surface area contributed by atoms with Crippen molar-refractivity contribution in [1.29, 1.82) is 0 Å². The summed E-state index contributed by atoms with van der Waals surface area (Å²) in [5.41, 5.74) is 12.2. The number of ether oxygens (including phenoxy) is 8. The van der Waals surface area contributed by atoms with Crippen molar-refractivity contribution in [2.24, 2.45) is 11.5 Å². The largest absolute Gasteiger partial charge is 0.477 e. The Bertz CT molecular complexity index is 2380. The molecule has 0 bridgehead atoms. The van der Waals surface area contributed by atoms with E-state index in [-0.39, 0.29) is 12.3 Å². The number of nitrogens with one attached hydrogen (secondary N) is 1. The quantitative estimate of drug-likeness (QED) is 0.0291. The molecule has 1 amide bonds. The van der Waals surface area contributed by atoms with Crippen molar-refractivity contribution in [3.63, 3.8) is 0 Å². The number of aliphatic carboxylic acids is 2. The Kier molecular flexibility index (Phi) is 49.6. The highest BCUT2D eigenvalue weighted by Crippen LogP contribution is 2.40. The number of hydrogen-bond donors (Lipinski definition) is 19. The predicted octanol–water partition coefficient (Wildman–Crippen LogP) is 4.67. The molecule has 0 aromatic carbocycles. The lowest BCUT2D eigenvalue weighted by Crippen LogP contribution is -2.71. The van der Waals surface area contributed by atoms with Gasteiger partial charge in [0.1, 0.15) is 85.5 Å². The monoisotopic (exact) mass is 1560 g/mol. The topological polar surface area (TPSA) is 513 Å². The summed E-state index contributed by atoms with van der Waals surface area (Å²) in [5, 5.41) is 178. The molecular formula is C78H145N3O27. The molecule has 0 aliphatic carbocycles. The van der Waals surface area contributed by atoms with E-state index in [1.54, 1.807) is 6.08 Å². The fraction of sp³-hybridized carbons (Fsp3) is 0.936. The van der Waals surface area contributed by atoms with Gasteiger partial charge in [-0.15, -0.1) is 0 Å². The zero-order valence-electron chi connectivity index (χ0n) is 64.9. The maximum atomic E-state index is 13.5. The zero-order chi connectivity index (χ0) is 79.4. The molecule has 4 heterocycles. The number of carboxylic acid groups (broad SMARTS) is 2. The molecule has 4 fully saturated rings. The van der Waals surface area contributed by atoms with Crippen LogP contribution in [0.5, 0.6) is 0 Å². The zero-order valence-corrected chi connectivity index (χ0v) is 64.9. The van der Waals surface area contributed by atoms with Crippen LogP contribution in [0.1, 0.15) is 284 Å². The Morgan fingerprint density at radius 1 is 0.491 bits per heavy atom. The summed E-state index contributed by atoms with van der Waals surface area (Å²) >= 11 is 0. The molecule has 4 aliphatic rings. The number of allylic oxidation sites excluding steroid dienone is 1. The van der Waals surface area contributed by atoms with E-state index in [9.17, 15) is 96.1 Å². The summed E-state index contributed by atoms with van der Waals surface area (Å²) in [6.45, 7) is -0.462. The lowest BCUT2D eigenvalue weighted by Gasteiger charge is -2.50. The van der Waals surface area contributed by atoms with Crippen molar-refractivity contribution in [1.82, 2.24) is 5.32 Å². The van der Waals surface area contributed by atoms with Gasteiger partial charge in [-0.05, 0) is 19.3 Å². The average Bonchev–Trinajstić information content (AvgIpc) is 0.759. The van der Waals surface area contributed by atoms with Crippen LogP contribution in [-0.2, 0) is 52.3 Å². The van der Waals surface area contributed by atoms with Crippen molar-refractivity contribution in [3.8, 4) is 0 Å². The highest BCUT2D eigenvalue weighted by molar-refractivity contribution is 5.77. The van der Waals surface area contributed by atoms with Gasteiger partial charge in [0.2, 0.25) is 5.91 Å². The fourth-order valence-electron chi connectivity index (χ4n) is 14.9. The molecule has 0 saturated carbocycles. The van der Waals surface area contributed by atoms with Crippen molar-refractivity contribution < 1.29 is 134 Å². The van der Waals surface area contributed by atoms with Gasteiger partial charge in [0.25, 0.3) is 11.6 Å². The molecule has 4 saturated heterocycles. The van der Waals surface area contributed by atoms with Crippen LogP contribution in [0.25, 0.3) is 0 Å². The Morgan fingerprint density at radius 3 is 1.30 bits per heavy atom. The third-order valence-electron chi connectivity index (χ3n) is 21.8. The van der Waals surface area contributed by atoms with Gasteiger partial charge in [-0.25, -0.2) is 9.59 Å². The lowest BCUT2D eigenvalue weighted by molar-refractivity contribution is -0.386. The summed E-state index contributed by atoms with van der Waals surface area (Å²) in [6, 6.07) is -4.48. The van der Waals surface area contributed by atoms with E-state index in [0.29, 0.717) is 12.8 Å². The third kappa shape index (κ3) is 33.2. The number of carbonyl (C=O) groups excluding carboxylic acids is 1. The molecule has 634 valence electrons. The van der Waals surface area contributed by atoms with Crippen molar-refractivity contribution in [2.45, 2.75) is 430 Å². The van der Waals surface area contributed by atoms with E-state index in [1.807, 2.05) is 6.08 Å². The molecule has 0 aromatic rings. The summed E-state index contributed by atoms with van der Waals surface area (Å²) in [6.07, 6.45) is 11.0. The number of aliphatic hydroxyl groups is 14. The molecule has 108 heavy (non-hydrogen) atoms. The number of aliphatic hydroxyl groups excluding tert-OH is 14. The third-order valence-corrected chi connectivity index (χ3v) is 21.8. The number of hydrogen-bond acceptors (Lipinski definition) is 27. The minimum Gasteiger partial charge on any atom is -0.477 e. The van der Waals surface area contributed by atoms with E-state index in [1.165, 1.54) is 186 Å². The molecule has 0 spiro atoms. The van der Waals surface area contributed by atoms with Crippen molar-refractivity contribution in [2.75, 3.05) is 33.0 Å². The highest BCUT2D eigenvalue weighted by atomic mass is 16.8. The maximum absolute atomic E-state index is 13.5. The molecule has 0 radical (unpaired) electrons. The van der Waals surface area contributed by atoms with Crippen LogP contribution >= 0.6 is 0 Å². The van der Waals surface area contributed by atoms with Crippen LogP contribution in [0.4, 0.5) is 0 Å². The SMILES string of the molecule is CCCCCCCCCCCCCCCCC/C=C/C(O)C(CO[C@@H]1O[C@H](CO)[C@@H](O[C@@H]2O[C@H](CO)[C@H](O[C@]3(C(=O)O)C[C@H](O)[C@@H](N)[C@H]([C@H](O)[C@@H](CO)O[C@]4(C(=O)O)C[C@H](O)[C@@H](N)[C@H]([C@H](O)[C@H](O)CO)O4)O3)[C@H](O)[C@H]2O)[C@H](O)[C@H]1O)NC(=O)CCCCCCCCCCCCCCCCCCCCCCCCC.